The summed E-state index contributed by atoms with van der Waals surface area (Å²) in [5, 5.41) is 1.69. The summed E-state index contributed by atoms with van der Waals surface area (Å²) in [6.45, 7) is 0. The second kappa shape index (κ2) is 2.68. The molecule has 0 amide bonds. The van der Waals surface area contributed by atoms with Gasteiger partial charge in [-0.2, -0.15) is 0 Å². The van der Waals surface area contributed by atoms with Gasteiger partial charge in [-0.1, -0.05) is 11.6 Å². The molecule has 0 atom stereocenters. The summed E-state index contributed by atoms with van der Waals surface area (Å²) in [4.78, 5) is 0. The first-order valence-electron chi connectivity index (χ1n) is 3.21. The largest absolute Gasteiger partial charge is 0.205 e. The molecule has 0 bridgehead atoms. The molecule has 1 aromatic carbocycles. The Morgan fingerprint density at radius 2 is 1.92 bits per heavy atom. The molecule has 0 N–H and O–H groups in total. The van der Waals surface area contributed by atoms with Gasteiger partial charge < -0.3 is 0 Å². The molecular formula is C8H3ClF2S. The van der Waals surface area contributed by atoms with E-state index in [1.807, 2.05) is 0 Å². The van der Waals surface area contributed by atoms with Gasteiger partial charge in [0.25, 0.3) is 0 Å². The van der Waals surface area contributed by atoms with E-state index < -0.39 is 11.6 Å². The van der Waals surface area contributed by atoms with Gasteiger partial charge >= 0.3 is 0 Å². The maximum Gasteiger partial charge on any atom is 0.143 e. The fraction of sp³-hybridized carbons (Fsp3) is 0. The second-order valence-electron chi connectivity index (χ2n) is 2.32. The third kappa shape index (κ3) is 1.01. The van der Waals surface area contributed by atoms with Crippen LogP contribution >= 0.6 is 22.9 Å². The van der Waals surface area contributed by atoms with E-state index in [0.717, 1.165) is 11.3 Å². The quantitative estimate of drug-likeness (QED) is 0.612. The summed E-state index contributed by atoms with van der Waals surface area (Å²) in [7, 11) is 0. The Hall–Kier alpha value is -0.670. The first kappa shape index (κ1) is 7.95. The highest BCUT2D eigenvalue weighted by Crippen LogP contribution is 2.32. The highest BCUT2D eigenvalue weighted by molar-refractivity contribution is 7.17. The minimum absolute atomic E-state index is 0.182. The maximum atomic E-state index is 13.0. The lowest BCUT2D eigenvalue weighted by atomic mass is 10.2. The van der Waals surface area contributed by atoms with Gasteiger partial charge in [-0.15, -0.1) is 11.3 Å². The minimum atomic E-state index is -0.459. The van der Waals surface area contributed by atoms with Crippen molar-refractivity contribution in [1.29, 1.82) is 0 Å². The highest BCUT2D eigenvalue weighted by atomic mass is 35.5. The van der Waals surface area contributed by atoms with E-state index in [9.17, 15) is 8.78 Å². The molecule has 2 aromatic rings. The Balaban J connectivity index is 2.98. The number of halogens is 3. The van der Waals surface area contributed by atoms with Gasteiger partial charge in [0.05, 0.1) is 9.72 Å². The van der Waals surface area contributed by atoms with Crippen molar-refractivity contribution in [3.8, 4) is 0 Å². The van der Waals surface area contributed by atoms with Crippen LogP contribution in [0.2, 0.25) is 5.02 Å². The number of rotatable bonds is 0. The SMILES string of the molecule is Fc1ccc(Cl)c2c(F)csc12. The molecule has 1 aromatic heterocycles. The van der Waals surface area contributed by atoms with Gasteiger partial charge in [0.1, 0.15) is 11.6 Å². The Bertz CT molecular complexity index is 436. The van der Waals surface area contributed by atoms with Crippen molar-refractivity contribution in [3.63, 3.8) is 0 Å². The van der Waals surface area contributed by atoms with E-state index in [1.54, 1.807) is 0 Å². The van der Waals surface area contributed by atoms with E-state index in [-0.39, 0.29) is 15.1 Å². The summed E-state index contributed by atoms with van der Waals surface area (Å²) < 4.78 is 26.2. The van der Waals surface area contributed by atoms with Crippen LogP contribution in [0, 0.1) is 11.6 Å². The molecule has 0 radical (unpaired) electrons. The number of hydrogen-bond donors (Lipinski definition) is 0. The molecule has 0 aliphatic heterocycles. The lowest BCUT2D eigenvalue weighted by molar-refractivity contribution is 0.635. The molecule has 0 saturated heterocycles. The zero-order valence-corrected chi connectivity index (χ0v) is 7.35. The third-order valence-electron chi connectivity index (χ3n) is 1.58. The molecule has 62 valence electrons. The van der Waals surface area contributed by atoms with Gasteiger partial charge in [-0.05, 0) is 12.1 Å². The van der Waals surface area contributed by atoms with Crippen LogP contribution in [0.5, 0.6) is 0 Å². The summed E-state index contributed by atoms with van der Waals surface area (Å²) >= 11 is 6.70. The van der Waals surface area contributed by atoms with E-state index in [0.29, 0.717) is 0 Å². The minimum Gasteiger partial charge on any atom is -0.205 e. The highest BCUT2D eigenvalue weighted by Gasteiger charge is 2.10. The normalized spacial score (nSPS) is 10.9. The van der Waals surface area contributed by atoms with Crippen LogP contribution < -0.4 is 0 Å². The van der Waals surface area contributed by atoms with E-state index in [4.69, 9.17) is 11.6 Å². The van der Waals surface area contributed by atoms with E-state index in [2.05, 4.69) is 0 Å². The molecule has 0 nitrogen and oxygen atoms in total. The van der Waals surface area contributed by atoms with Crippen LogP contribution in [0.25, 0.3) is 10.1 Å². The van der Waals surface area contributed by atoms with Gasteiger partial charge in [-0.3, -0.25) is 0 Å². The molecule has 1 heterocycles. The number of hydrogen-bond acceptors (Lipinski definition) is 1. The Morgan fingerprint density at radius 3 is 2.58 bits per heavy atom. The predicted molar refractivity (Wildman–Crippen MR) is 46.8 cm³/mol. The van der Waals surface area contributed by atoms with Crippen LogP contribution in [0.4, 0.5) is 8.78 Å². The fourth-order valence-corrected chi connectivity index (χ4v) is 2.19. The van der Waals surface area contributed by atoms with Gasteiger partial charge in [0.15, 0.2) is 0 Å². The Labute approximate surface area is 76.4 Å². The van der Waals surface area contributed by atoms with Gasteiger partial charge in [0.2, 0.25) is 0 Å². The molecule has 0 saturated carbocycles. The average Bonchev–Trinajstić information content (AvgIpc) is 2.42. The predicted octanol–water partition coefficient (Wildman–Crippen LogP) is 3.83. The molecule has 0 fully saturated rings. The molecule has 0 aliphatic rings. The van der Waals surface area contributed by atoms with Crippen LogP contribution in [0.1, 0.15) is 0 Å². The van der Waals surface area contributed by atoms with Crippen LogP contribution in [0.3, 0.4) is 0 Å². The molecule has 2 rings (SSSR count). The molecule has 12 heavy (non-hydrogen) atoms. The van der Waals surface area contributed by atoms with Crippen molar-refractivity contribution < 1.29 is 8.78 Å². The fourth-order valence-electron chi connectivity index (χ4n) is 1.04. The topological polar surface area (TPSA) is 0 Å². The maximum absolute atomic E-state index is 13.0. The van der Waals surface area contributed by atoms with Gasteiger partial charge in [0, 0.05) is 10.8 Å². The monoisotopic (exact) mass is 204 g/mol. The number of thiophene rings is 1. The lowest BCUT2D eigenvalue weighted by Crippen LogP contribution is -1.76. The molecule has 0 unspecified atom stereocenters. The summed E-state index contributed by atoms with van der Waals surface area (Å²) in [6, 6.07) is 2.59. The summed E-state index contributed by atoms with van der Waals surface area (Å²) in [5.74, 6) is -0.886. The molecule has 4 heteroatoms. The van der Waals surface area contributed by atoms with Crippen LogP contribution in [-0.4, -0.2) is 0 Å². The zero-order valence-electron chi connectivity index (χ0n) is 5.77. The molecular weight excluding hydrogens is 202 g/mol. The van der Waals surface area contributed by atoms with Crippen molar-refractivity contribution in [1.82, 2.24) is 0 Å². The molecule has 0 aliphatic carbocycles. The average molecular weight is 205 g/mol. The van der Waals surface area contributed by atoms with Crippen LogP contribution in [0.15, 0.2) is 17.5 Å². The standard InChI is InChI=1S/C8H3ClF2S/c9-4-1-2-5(10)8-7(4)6(11)3-12-8/h1-3H. The first-order valence-corrected chi connectivity index (χ1v) is 4.46. The summed E-state index contributed by atoms with van der Waals surface area (Å²) in [5.41, 5.74) is 0. The van der Waals surface area contributed by atoms with E-state index >= 15 is 0 Å². The van der Waals surface area contributed by atoms with Gasteiger partial charge in [-0.25, -0.2) is 8.78 Å². The Kier molecular flexibility index (Phi) is 1.77. The number of benzene rings is 1. The van der Waals surface area contributed by atoms with Crippen molar-refractivity contribution in [2.24, 2.45) is 0 Å². The molecule has 0 spiro atoms. The first-order chi connectivity index (χ1) is 5.70. The smallest absolute Gasteiger partial charge is 0.143 e. The van der Waals surface area contributed by atoms with Crippen molar-refractivity contribution >= 4 is 33.0 Å². The van der Waals surface area contributed by atoms with Crippen molar-refractivity contribution in [2.75, 3.05) is 0 Å². The van der Waals surface area contributed by atoms with Crippen molar-refractivity contribution in [3.05, 3.63) is 34.2 Å². The van der Waals surface area contributed by atoms with Crippen LogP contribution in [-0.2, 0) is 0 Å². The zero-order chi connectivity index (χ0) is 8.72. The number of fused-ring (bicyclic) bond motifs is 1. The second-order valence-corrected chi connectivity index (χ2v) is 3.60. The lowest BCUT2D eigenvalue weighted by Gasteiger charge is -1.94. The third-order valence-corrected chi connectivity index (χ3v) is 2.85. The Morgan fingerprint density at radius 1 is 1.17 bits per heavy atom. The van der Waals surface area contributed by atoms with E-state index in [1.165, 1.54) is 17.5 Å². The summed E-state index contributed by atoms with van der Waals surface area (Å²) in [6.07, 6.45) is 0. The van der Waals surface area contributed by atoms with Crippen molar-refractivity contribution in [2.45, 2.75) is 0 Å².